The minimum absolute atomic E-state index is 0.0306. The molecule has 0 heterocycles. The van der Waals surface area contributed by atoms with E-state index in [9.17, 15) is 9.59 Å². The third kappa shape index (κ3) is 5.69. The van der Waals surface area contributed by atoms with Crippen LogP contribution < -0.4 is 10.1 Å². The highest BCUT2D eigenvalue weighted by molar-refractivity contribution is 7.80. The van der Waals surface area contributed by atoms with Crippen molar-refractivity contribution in [1.82, 2.24) is 5.32 Å². The summed E-state index contributed by atoms with van der Waals surface area (Å²) in [4.78, 5) is 23.7. The molecule has 0 aliphatic heterocycles. The van der Waals surface area contributed by atoms with E-state index in [1.807, 2.05) is 12.1 Å². The molecule has 0 saturated carbocycles. The number of thiol groups is 1. The summed E-state index contributed by atoms with van der Waals surface area (Å²) in [6.07, 6.45) is 1.62. The van der Waals surface area contributed by atoms with Gasteiger partial charge in [-0.2, -0.15) is 12.6 Å². The van der Waals surface area contributed by atoms with Crippen LogP contribution in [0.15, 0.2) is 24.3 Å². The van der Waals surface area contributed by atoms with Gasteiger partial charge in [-0.25, -0.2) is 0 Å². The van der Waals surface area contributed by atoms with Crippen LogP contribution in [0, 0.1) is 0 Å². The van der Waals surface area contributed by atoms with Crippen LogP contribution >= 0.6 is 12.6 Å². The molecule has 0 spiro atoms. The molecule has 0 unspecified atom stereocenters. The lowest BCUT2D eigenvalue weighted by molar-refractivity contribution is -0.143. The molecule has 1 N–H and O–H groups in total. The molecule has 22 heavy (non-hydrogen) atoms. The van der Waals surface area contributed by atoms with Crippen LogP contribution in [0.1, 0.15) is 29.6 Å². The predicted octanol–water partition coefficient (Wildman–Crippen LogP) is 2.11. The summed E-state index contributed by atoms with van der Waals surface area (Å²) in [5.74, 6) is 0.906. The maximum atomic E-state index is 12.2. The first-order chi connectivity index (χ1) is 10.6. The van der Waals surface area contributed by atoms with E-state index in [4.69, 9.17) is 9.47 Å². The van der Waals surface area contributed by atoms with Crippen molar-refractivity contribution in [3.63, 3.8) is 0 Å². The minimum Gasteiger partial charge on any atom is -0.496 e. The van der Waals surface area contributed by atoms with Crippen LogP contribution in [0.4, 0.5) is 0 Å². The lowest BCUT2D eigenvalue weighted by Crippen LogP contribution is -2.38. The van der Waals surface area contributed by atoms with Gasteiger partial charge in [0.15, 0.2) is 5.78 Å². The van der Waals surface area contributed by atoms with Gasteiger partial charge in [-0.15, -0.1) is 0 Å². The van der Waals surface area contributed by atoms with E-state index in [2.05, 4.69) is 17.9 Å². The predicted molar refractivity (Wildman–Crippen MR) is 88.8 cm³/mol. The molecule has 0 saturated heterocycles. The van der Waals surface area contributed by atoms with Gasteiger partial charge in [-0.3, -0.25) is 9.59 Å². The molecule has 0 aliphatic carbocycles. The lowest BCUT2D eigenvalue weighted by atomic mass is 10.1. The van der Waals surface area contributed by atoms with Gasteiger partial charge in [0.05, 0.1) is 19.8 Å². The normalized spacial score (nSPS) is 11.8. The Bertz CT molecular complexity index is 493. The molecule has 0 amide bonds. The fourth-order valence-electron chi connectivity index (χ4n) is 2.11. The van der Waals surface area contributed by atoms with Crippen molar-refractivity contribution in [2.75, 3.05) is 26.5 Å². The summed E-state index contributed by atoms with van der Waals surface area (Å²) >= 11 is 4.12. The molecule has 6 heteroatoms. The molecule has 0 bridgehead atoms. The van der Waals surface area contributed by atoms with E-state index in [0.717, 1.165) is 0 Å². The number of benzene rings is 1. The summed E-state index contributed by atoms with van der Waals surface area (Å²) in [5.41, 5.74) is 0.588. The first-order valence-corrected chi connectivity index (χ1v) is 7.85. The van der Waals surface area contributed by atoms with Crippen molar-refractivity contribution in [2.24, 2.45) is 0 Å². The van der Waals surface area contributed by atoms with Gasteiger partial charge in [0, 0.05) is 6.42 Å². The number of hydrogen-bond acceptors (Lipinski definition) is 6. The first-order valence-electron chi connectivity index (χ1n) is 7.22. The van der Waals surface area contributed by atoms with E-state index in [-0.39, 0.29) is 17.8 Å². The Morgan fingerprint density at radius 3 is 2.64 bits per heavy atom. The SMILES string of the molecule is COC(=O)[C@H](CCS)NCCCC(=O)c1ccccc1OC. The van der Waals surface area contributed by atoms with E-state index < -0.39 is 0 Å². The molecule has 1 aromatic rings. The number of esters is 1. The number of carbonyl (C=O) groups is 2. The van der Waals surface area contributed by atoms with Crippen molar-refractivity contribution in [3.8, 4) is 5.75 Å². The average Bonchev–Trinajstić information content (AvgIpc) is 2.56. The standard InChI is InChI=1S/C16H23NO4S/c1-20-15-8-4-3-6-12(15)14(18)7-5-10-17-13(9-11-22)16(19)21-2/h3-4,6,8,13,17,22H,5,7,9-11H2,1-2H3/t13-/m0/s1. The first kappa shape index (κ1) is 18.5. The fourth-order valence-corrected chi connectivity index (χ4v) is 2.37. The highest BCUT2D eigenvalue weighted by Crippen LogP contribution is 2.19. The Morgan fingerprint density at radius 2 is 2.00 bits per heavy atom. The molecular formula is C16H23NO4S. The Labute approximate surface area is 136 Å². The number of hydrogen-bond donors (Lipinski definition) is 2. The molecule has 1 atom stereocenters. The van der Waals surface area contributed by atoms with Gasteiger partial charge in [0.25, 0.3) is 0 Å². The summed E-state index contributed by atoms with van der Waals surface area (Å²) < 4.78 is 9.91. The number of ketones is 1. The third-order valence-electron chi connectivity index (χ3n) is 3.28. The molecular weight excluding hydrogens is 302 g/mol. The lowest BCUT2D eigenvalue weighted by Gasteiger charge is -2.15. The van der Waals surface area contributed by atoms with Crippen LogP contribution in [-0.4, -0.2) is 44.3 Å². The second-order valence-electron chi connectivity index (χ2n) is 4.77. The number of ether oxygens (including phenoxy) is 2. The number of para-hydroxylation sites is 1. The maximum absolute atomic E-state index is 12.2. The number of methoxy groups -OCH3 is 2. The number of nitrogens with one attached hydrogen (secondary N) is 1. The van der Waals surface area contributed by atoms with Crippen molar-refractivity contribution >= 4 is 24.4 Å². The minimum atomic E-state index is -0.371. The van der Waals surface area contributed by atoms with Crippen LogP contribution in [0.3, 0.4) is 0 Å². The number of carbonyl (C=O) groups excluding carboxylic acids is 2. The number of rotatable bonds is 10. The largest absolute Gasteiger partial charge is 0.496 e. The summed E-state index contributed by atoms with van der Waals surface area (Å²) in [5, 5.41) is 3.10. The van der Waals surface area contributed by atoms with Gasteiger partial charge < -0.3 is 14.8 Å². The quantitative estimate of drug-likeness (QED) is 0.298. The van der Waals surface area contributed by atoms with Crippen LogP contribution in [0.5, 0.6) is 5.75 Å². The van der Waals surface area contributed by atoms with E-state index in [0.29, 0.717) is 42.9 Å². The average molecular weight is 325 g/mol. The fraction of sp³-hybridized carbons (Fsp3) is 0.500. The Hall–Kier alpha value is -1.53. The highest BCUT2D eigenvalue weighted by Gasteiger charge is 2.17. The van der Waals surface area contributed by atoms with Gasteiger partial charge >= 0.3 is 5.97 Å². The van der Waals surface area contributed by atoms with Crippen molar-refractivity contribution in [2.45, 2.75) is 25.3 Å². The van der Waals surface area contributed by atoms with Gasteiger partial charge in [-0.05, 0) is 37.3 Å². The molecule has 0 radical (unpaired) electrons. The molecule has 0 fully saturated rings. The second-order valence-corrected chi connectivity index (χ2v) is 5.22. The van der Waals surface area contributed by atoms with E-state index in [1.54, 1.807) is 19.2 Å². The van der Waals surface area contributed by atoms with Crippen molar-refractivity contribution in [3.05, 3.63) is 29.8 Å². The van der Waals surface area contributed by atoms with Crippen molar-refractivity contribution < 1.29 is 19.1 Å². The van der Waals surface area contributed by atoms with Gasteiger partial charge in [0.2, 0.25) is 0 Å². The zero-order valence-electron chi connectivity index (χ0n) is 13.0. The molecule has 0 aromatic heterocycles. The van der Waals surface area contributed by atoms with Gasteiger partial charge in [0.1, 0.15) is 11.8 Å². The Kier molecular flexibility index (Phi) is 8.62. The number of Topliss-reactive ketones (excluding diaryl/α,β-unsaturated/α-hetero) is 1. The van der Waals surface area contributed by atoms with E-state index >= 15 is 0 Å². The molecule has 5 nitrogen and oxygen atoms in total. The Balaban J connectivity index is 2.43. The van der Waals surface area contributed by atoms with Gasteiger partial charge in [-0.1, -0.05) is 12.1 Å². The maximum Gasteiger partial charge on any atom is 0.322 e. The summed E-state index contributed by atoms with van der Waals surface area (Å²) in [6, 6.07) is 6.80. The van der Waals surface area contributed by atoms with Crippen LogP contribution in [0.2, 0.25) is 0 Å². The van der Waals surface area contributed by atoms with Crippen LogP contribution in [-0.2, 0) is 9.53 Å². The second kappa shape index (κ2) is 10.2. The van der Waals surface area contributed by atoms with Crippen LogP contribution in [0.25, 0.3) is 0 Å². The molecule has 1 aromatic carbocycles. The summed E-state index contributed by atoms with van der Waals surface area (Å²) in [6.45, 7) is 0.564. The van der Waals surface area contributed by atoms with E-state index in [1.165, 1.54) is 7.11 Å². The topological polar surface area (TPSA) is 64.6 Å². The Morgan fingerprint density at radius 1 is 1.27 bits per heavy atom. The monoisotopic (exact) mass is 325 g/mol. The molecule has 1 rings (SSSR count). The third-order valence-corrected chi connectivity index (χ3v) is 3.54. The molecule has 0 aliphatic rings. The highest BCUT2D eigenvalue weighted by atomic mass is 32.1. The zero-order chi connectivity index (χ0) is 16.4. The summed E-state index contributed by atoms with van der Waals surface area (Å²) in [7, 11) is 2.91. The smallest absolute Gasteiger partial charge is 0.322 e. The van der Waals surface area contributed by atoms with Crippen molar-refractivity contribution in [1.29, 1.82) is 0 Å². The zero-order valence-corrected chi connectivity index (χ0v) is 13.9. The molecule has 122 valence electrons.